The third kappa shape index (κ3) is 3.79. The molecule has 5 heteroatoms. The van der Waals surface area contributed by atoms with Gasteiger partial charge in [0.25, 0.3) is 0 Å². The highest BCUT2D eigenvalue weighted by atomic mass is 16.5. The quantitative estimate of drug-likeness (QED) is 0.769. The van der Waals surface area contributed by atoms with Gasteiger partial charge in [0.2, 0.25) is 0 Å². The average Bonchev–Trinajstić information content (AvgIpc) is 2.29. The van der Waals surface area contributed by atoms with Crippen molar-refractivity contribution in [1.82, 2.24) is 5.32 Å². The highest BCUT2D eigenvalue weighted by molar-refractivity contribution is 6.31. The molecule has 1 rings (SSSR count). The van der Waals surface area contributed by atoms with E-state index in [0.29, 0.717) is 6.61 Å². The van der Waals surface area contributed by atoms with E-state index in [0.717, 1.165) is 16.9 Å². The standard InChI is InChI=1S/C12H15NO4/c1-3-17-10-5-4-9(6-8(10)2)7-13-11(14)12(15)16/h4-6H,3,7H2,1-2H3,(H,13,14)(H,15,16). The monoisotopic (exact) mass is 237 g/mol. The second kappa shape index (κ2) is 5.89. The van der Waals surface area contributed by atoms with E-state index in [9.17, 15) is 9.59 Å². The van der Waals surface area contributed by atoms with Crippen LogP contribution in [0.5, 0.6) is 5.75 Å². The molecule has 0 aliphatic rings. The molecule has 0 saturated carbocycles. The van der Waals surface area contributed by atoms with Gasteiger partial charge >= 0.3 is 11.9 Å². The summed E-state index contributed by atoms with van der Waals surface area (Å²) >= 11 is 0. The molecule has 1 aromatic carbocycles. The summed E-state index contributed by atoms with van der Waals surface area (Å²) < 4.78 is 5.37. The van der Waals surface area contributed by atoms with Gasteiger partial charge in [0.05, 0.1) is 6.61 Å². The Bertz CT molecular complexity index is 429. The summed E-state index contributed by atoms with van der Waals surface area (Å²) in [6, 6.07) is 5.45. The zero-order valence-corrected chi connectivity index (χ0v) is 9.82. The number of carboxylic acid groups (broad SMARTS) is 1. The van der Waals surface area contributed by atoms with Crippen molar-refractivity contribution in [3.05, 3.63) is 29.3 Å². The molecule has 0 spiro atoms. The molecule has 1 aromatic rings. The number of carbonyl (C=O) groups excluding carboxylic acids is 1. The van der Waals surface area contributed by atoms with E-state index in [-0.39, 0.29) is 6.54 Å². The van der Waals surface area contributed by atoms with Crippen LogP contribution in [0.3, 0.4) is 0 Å². The van der Waals surface area contributed by atoms with Gasteiger partial charge in [0.1, 0.15) is 5.75 Å². The van der Waals surface area contributed by atoms with E-state index in [4.69, 9.17) is 9.84 Å². The number of amides is 1. The average molecular weight is 237 g/mol. The van der Waals surface area contributed by atoms with E-state index >= 15 is 0 Å². The minimum atomic E-state index is -1.48. The number of hydrogen-bond acceptors (Lipinski definition) is 3. The number of ether oxygens (including phenoxy) is 1. The summed E-state index contributed by atoms with van der Waals surface area (Å²) in [5.74, 6) is -1.69. The van der Waals surface area contributed by atoms with Crippen molar-refractivity contribution in [2.24, 2.45) is 0 Å². The Morgan fingerprint density at radius 2 is 2.12 bits per heavy atom. The molecule has 2 N–H and O–H groups in total. The topological polar surface area (TPSA) is 75.6 Å². The van der Waals surface area contributed by atoms with Crippen molar-refractivity contribution in [2.75, 3.05) is 6.61 Å². The molecule has 5 nitrogen and oxygen atoms in total. The molecule has 0 radical (unpaired) electrons. The maximum Gasteiger partial charge on any atom is 0.394 e. The SMILES string of the molecule is CCOc1ccc(CNC(=O)C(=O)O)cc1C. The van der Waals surface area contributed by atoms with Crippen molar-refractivity contribution in [3.8, 4) is 5.75 Å². The Kier molecular flexibility index (Phi) is 4.51. The fourth-order valence-corrected chi connectivity index (χ4v) is 1.40. The Balaban J connectivity index is 2.64. The van der Waals surface area contributed by atoms with Crippen LogP contribution < -0.4 is 10.1 Å². The van der Waals surface area contributed by atoms with Gasteiger partial charge in [-0.3, -0.25) is 4.79 Å². The molecular formula is C12H15NO4. The van der Waals surface area contributed by atoms with E-state index in [1.165, 1.54) is 0 Å². The molecule has 0 heterocycles. The summed E-state index contributed by atoms with van der Waals surface area (Å²) in [5, 5.41) is 10.7. The molecule has 0 atom stereocenters. The Morgan fingerprint density at radius 1 is 1.41 bits per heavy atom. The smallest absolute Gasteiger partial charge is 0.394 e. The van der Waals surface area contributed by atoms with E-state index in [1.807, 2.05) is 19.9 Å². The first kappa shape index (κ1) is 13.0. The van der Waals surface area contributed by atoms with Gasteiger partial charge in [-0.2, -0.15) is 0 Å². The minimum Gasteiger partial charge on any atom is -0.494 e. The molecule has 92 valence electrons. The summed E-state index contributed by atoms with van der Waals surface area (Å²) in [6.07, 6.45) is 0. The minimum absolute atomic E-state index is 0.193. The zero-order chi connectivity index (χ0) is 12.8. The van der Waals surface area contributed by atoms with Crippen LogP contribution in [0.15, 0.2) is 18.2 Å². The third-order valence-electron chi connectivity index (χ3n) is 2.19. The largest absolute Gasteiger partial charge is 0.494 e. The first-order chi connectivity index (χ1) is 8.04. The number of carboxylic acids is 1. The van der Waals surface area contributed by atoms with Crippen LogP contribution in [-0.2, 0) is 16.1 Å². The summed E-state index contributed by atoms with van der Waals surface area (Å²) in [7, 11) is 0. The predicted molar refractivity (Wildman–Crippen MR) is 61.8 cm³/mol. The third-order valence-corrected chi connectivity index (χ3v) is 2.19. The van der Waals surface area contributed by atoms with Crippen molar-refractivity contribution in [1.29, 1.82) is 0 Å². The fraction of sp³-hybridized carbons (Fsp3) is 0.333. The zero-order valence-electron chi connectivity index (χ0n) is 9.82. The van der Waals surface area contributed by atoms with Crippen LogP contribution in [0.1, 0.15) is 18.1 Å². The number of carbonyl (C=O) groups is 2. The van der Waals surface area contributed by atoms with Gasteiger partial charge in [-0.1, -0.05) is 12.1 Å². The second-order valence-electron chi connectivity index (χ2n) is 3.52. The van der Waals surface area contributed by atoms with Crippen molar-refractivity contribution < 1.29 is 19.4 Å². The van der Waals surface area contributed by atoms with Gasteiger partial charge in [-0.15, -0.1) is 0 Å². The highest BCUT2D eigenvalue weighted by Crippen LogP contribution is 2.18. The van der Waals surface area contributed by atoms with E-state index < -0.39 is 11.9 Å². The molecule has 0 bridgehead atoms. The Labute approximate surface area is 99.4 Å². The molecule has 0 aromatic heterocycles. The van der Waals surface area contributed by atoms with Crippen molar-refractivity contribution in [3.63, 3.8) is 0 Å². The number of aryl methyl sites for hydroxylation is 1. The fourth-order valence-electron chi connectivity index (χ4n) is 1.40. The highest BCUT2D eigenvalue weighted by Gasteiger charge is 2.10. The molecule has 0 unspecified atom stereocenters. The summed E-state index contributed by atoms with van der Waals surface area (Å²) in [4.78, 5) is 21.1. The van der Waals surface area contributed by atoms with E-state index in [2.05, 4.69) is 5.32 Å². The van der Waals surface area contributed by atoms with Gasteiger partial charge in [0.15, 0.2) is 0 Å². The van der Waals surface area contributed by atoms with Crippen LogP contribution in [-0.4, -0.2) is 23.6 Å². The number of nitrogens with one attached hydrogen (secondary N) is 1. The second-order valence-corrected chi connectivity index (χ2v) is 3.52. The maximum absolute atomic E-state index is 10.8. The summed E-state index contributed by atoms with van der Waals surface area (Å²) in [6.45, 7) is 4.59. The number of rotatable bonds is 4. The van der Waals surface area contributed by atoms with Crippen LogP contribution in [0.4, 0.5) is 0 Å². The Morgan fingerprint density at radius 3 is 2.65 bits per heavy atom. The lowest BCUT2D eigenvalue weighted by atomic mass is 10.1. The van der Waals surface area contributed by atoms with Crippen molar-refractivity contribution in [2.45, 2.75) is 20.4 Å². The molecule has 17 heavy (non-hydrogen) atoms. The molecule has 0 aliphatic carbocycles. The predicted octanol–water partition coefficient (Wildman–Crippen LogP) is 1.09. The van der Waals surface area contributed by atoms with Crippen LogP contribution in [0, 0.1) is 6.92 Å². The first-order valence-electron chi connectivity index (χ1n) is 5.28. The van der Waals surface area contributed by atoms with Crippen LogP contribution in [0.2, 0.25) is 0 Å². The lowest BCUT2D eigenvalue weighted by Crippen LogP contribution is -2.30. The Hall–Kier alpha value is -2.04. The maximum atomic E-state index is 10.8. The van der Waals surface area contributed by atoms with Gasteiger partial charge in [-0.25, -0.2) is 4.79 Å². The molecule has 0 aliphatic heterocycles. The van der Waals surface area contributed by atoms with Gasteiger partial charge in [-0.05, 0) is 31.0 Å². The number of aliphatic carboxylic acids is 1. The normalized spacial score (nSPS) is 9.76. The molecule has 0 fully saturated rings. The van der Waals surface area contributed by atoms with E-state index in [1.54, 1.807) is 12.1 Å². The molecule has 0 saturated heterocycles. The lowest BCUT2D eigenvalue weighted by molar-refractivity contribution is -0.150. The van der Waals surface area contributed by atoms with Gasteiger partial charge < -0.3 is 15.2 Å². The van der Waals surface area contributed by atoms with Crippen LogP contribution >= 0.6 is 0 Å². The lowest BCUT2D eigenvalue weighted by Gasteiger charge is -2.09. The number of benzene rings is 1. The molecular weight excluding hydrogens is 222 g/mol. The number of hydrogen-bond donors (Lipinski definition) is 2. The molecule has 1 amide bonds. The van der Waals surface area contributed by atoms with Crippen molar-refractivity contribution >= 4 is 11.9 Å². The summed E-state index contributed by atoms with van der Waals surface area (Å²) in [5.41, 5.74) is 1.79. The van der Waals surface area contributed by atoms with Gasteiger partial charge in [0, 0.05) is 6.54 Å². The van der Waals surface area contributed by atoms with Crippen LogP contribution in [0.25, 0.3) is 0 Å². The first-order valence-corrected chi connectivity index (χ1v) is 5.28.